The van der Waals surface area contributed by atoms with Crippen molar-refractivity contribution in [1.82, 2.24) is 29.3 Å². The number of rotatable bonds is 6. The molecule has 1 aromatic carbocycles. The van der Waals surface area contributed by atoms with Crippen molar-refractivity contribution in [2.75, 3.05) is 19.5 Å². The van der Waals surface area contributed by atoms with E-state index in [1.807, 2.05) is 10.9 Å². The van der Waals surface area contributed by atoms with Gasteiger partial charge in [0.1, 0.15) is 17.5 Å². The molecule has 4 aromatic rings. The van der Waals surface area contributed by atoms with Crippen LogP contribution in [-0.4, -0.2) is 72.5 Å². The third-order valence-electron chi connectivity index (χ3n) is 6.91. The maximum Gasteiger partial charge on any atom is 0.259 e. The summed E-state index contributed by atoms with van der Waals surface area (Å²) >= 11 is 0. The van der Waals surface area contributed by atoms with Gasteiger partial charge in [0.15, 0.2) is 5.65 Å². The van der Waals surface area contributed by atoms with E-state index in [0.29, 0.717) is 22.6 Å². The van der Waals surface area contributed by atoms with Gasteiger partial charge in [-0.2, -0.15) is 10.2 Å². The van der Waals surface area contributed by atoms with Gasteiger partial charge >= 0.3 is 0 Å². The number of aliphatic hydroxyl groups is 1. The summed E-state index contributed by atoms with van der Waals surface area (Å²) in [5.41, 5.74) is 2.19. The fourth-order valence-corrected chi connectivity index (χ4v) is 4.89. The van der Waals surface area contributed by atoms with E-state index in [1.165, 1.54) is 14.0 Å². The molecule has 0 spiro atoms. The molecule has 3 aromatic heterocycles. The standard InChI is InChI=1S/C25H29N7O4/c1-15(33)25(35)30(2)17-5-7-18(8-6-17)32-14-16-11-19(22(36-3)12-20(16)29-32)24(34)28-21-13-27-31-10-4-9-26-23(21)31/h4,9-15,17-18,33H,5-8H2,1-3H3,(H,28,34)/t15-,17?,18?/m0/s1. The first-order chi connectivity index (χ1) is 17.4. The van der Waals surface area contributed by atoms with Crippen LogP contribution in [0.1, 0.15) is 49.0 Å². The first-order valence-corrected chi connectivity index (χ1v) is 12.0. The Balaban J connectivity index is 1.34. The Labute approximate surface area is 207 Å². The van der Waals surface area contributed by atoms with Crippen molar-refractivity contribution in [3.8, 4) is 5.75 Å². The Kier molecular flexibility index (Phi) is 6.31. The van der Waals surface area contributed by atoms with Gasteiger partial charge < -0.3 is 20.1 Å². The van der Waals surface area contributed by atoms with Crippen LogP contribution in [0.2, 0.25) is 0 Å². The van der Waals surface area contributed by atoms with Gasteiger partial charge in [0.25, 0.3) is 11.8 Å². The topological polar surface area (TPSA) is 127 Å². The van der Waals surface area contributed by atoms with Gasteiger partial charge in [-0.15, -0.1) is 0 Å². The van der Waals surface area contributed by atoms with Gasteiger partial charge in [0.05, 0.1) is 30.4 Å². The normalized spacial score (nSPS) is 18.8. The predicted molar refractivity (Wildman–Crippen MR) is 133 cm³/mol. The van der Waals surface area contributed by atoms with Gasteiger partial charge in [-0.1, -0.05) is 0 Å². The summed E-state index contributed by atoms with van der Waals surface area (Å²) in [5.74, 6) is -0.147. The van der Waals surface area contributed by atoms with Crippen LogP contribution in [0.5, 0.6) is 5.75 Å². The van der Waals surface area contributed by atoms with Crippen LogP contribution in [0.3, 0.4) is 0 Å². The molecule has 188 valence electrons. The maximum absolute atomic E-state index is 13.2. The van der Waals surface area contributed by atoms with E-state index in [-0.39, 0.29) is 23.9 Å². The highest BCUT2D eigenvalue weighted by Gasteiger charge is 2.29. The number of benzene rings is 1. The third-order valence-corrected chi connectivity index (χ3v) is 6.91. The number of amides is 2. The van der Waals surface area contributed by atoms with Gasteiger partial charge in [0.2, 0.25) is 0 Å². The summed E-state index contributed by atoms with van der Waals surface area (Å²) < 4.78 is 9.06. The Hall–Kier alpha value is -3.99. The maximum atomic E-state index is 13.2. The fraction of sp³-hybridized carbons (Fsp3) is 0.400. The van der Waals surface area contributed by atoms with Crippen molar-refractivity contribution in [1.29, 1.82) is 0 Å². The number of nitrogens with one attached hydrogen (secondary N) is 1. The number of hydrogen-bond acceptors (Lipinski definition) is 7. The molecule has 36 heavy (non-hydrogen) atoms. The van der Waals surface area contributed by atoms with E-state index in [9.17, 15) is 14.7 Å². The lowest BCUT2D eigenvalue weighted by Gasteiger charge is -2.35. The summed E-state index contributed by atoms with van der Waals surface area (Å²) in [4.78, 5) is 31.2. The summed E-state index contributed by atoms with van der Waals surface area (Å²) in [7, 11) is 3.28. The lowest BCUT2D eigenvalue weighted by Crippen LogP contribution is -2.43. The third kappa shape index (κ3) is 4.37. The molecule has 11 heteroatoms. The molecule has 0 bridgehead atoms. The van der Waals surface area contributed by atoms with Crippen molar-refractivity contribution in [3.63, 3.8) is 0 Å². The Morgan fingerprint density at radius 1 is 1.25 bits per heavy atom. The Morgan fingerprint density at radius 3 is 2.75 bits per heavy atom. The highest BCUT2D eigenvalue weighted by atomic mass is 16.5. The average molecular weight is 492 g/mol. The smallest absolute Gasteiger partial charge is 0.259 e. The molecule has 1 aliphatic rings. The van der Waals surface area contributed by atoms with Crippen molar-refractivity contribution >= 4 is 34.1 Å². The molecular weight excluding hydrogens is 462 g/mol. The van der Waals surface area contributed by atoms with Crippen molar-refractivity contribution in [3.05, 3.63) is 48.5 Å². The number of fused-ring (bicyclic) bond motifs is 2. The molecule has 1 saturated carbocycles. The molecule has 0 saturated heterocycles. The minimum Gasteiger partial charge on any atom is -0.496 e. The van der Waals surface area contributed by atoms with Crippen LogP contribution in [0.15, 0.2) is 43.0 Å². The second-order valence-electron chi connectivity index (χ2n) is 9.21. The number of likely N-dealkylation sites (N-methyl/N-ethyl adjacent to an activating group) is 1. The number of aromatic nitrogens is 5. The van der Waals surface area contributed by atoms with Crippen LogP contribution in [-0.2, 0) is 4.79 Å². The van der Waals surface area contributed by atoms with Gasteiger partial charge in [-0.3, -0.25) is 14.3 Å². The van der Waals surface area contributed by atoms with Gasteiger partial charge in [0, 0.05) is 43.1 Å². The van der Waals surface area contributed by atoms with Gasteiger partial charge in [-0.05, 0) is 44.7 Å². The number of anilines is 1. The quantitative estimate of drug-likeness (QED) is 0.425. The lowest BCUT2D eigenvalue weighted by molar-refractivity contribution is -0.140. The van der Waals surface area contributed by atoms with Crippen LogP contribution in [0.25, 0.3) is 16.6 Å². The number of nitrogens with zero attached hydrogens (tertiary/aromatic N) is 6. The number of carbonyl (C=O) groups excluding carboxylic acids is 2. The number of carbonyl (C=O) groups is 2. The predicted octanol–water partition coefficient (Wildman–Crippen LogP) is 2.66. The largest absolute Gasteiger partial charge is 0.496 e. The number of ether oxygens (including phenoxy) is 1. The Morgan fingerprint density at radius 2 is 2.03 bits per heavy atom. The van der Waals surface area contributed by atoms with Crippen LogP contribution in [0, 0.1) is 0 Å². The molecule has 2 N–H and O–H groups in total. The van der Waals surface area contributed by atoms with Crippen LogP contribution in [0.4, 0.5) is 5.69 Å². The lowest BCUT2D eigenvalue weighted by atomic mass is 9.90. The van der Waals surface area contributed by atoms with E-state index >= 15 is 0 Å². The molecule has 0 radical (unpaired) electrons. The molecule has 5 rings (SSSR count). The molecule has 0 aliphatic heterocycles. The first kappa shape index (κ1) is 23.7. The molecule has 3 heterocycles. The van der Waals surface area contributed by atoms with Crippen LogP contribution < -0.4 is 10.1 Å². The molecule has 2 amide bonds. The zero-order chi connectivity index (χ0) is 25.4. The van der Waals surface area contributed by atoms with E-state index in [1.54, 1.807) is 53.3 Å². The minimum atomic E-state index is -0.991. The summed E-state index contributed by atoms with van der Waals surface area (Å²) in [6, 6.07) is 5.62. The number of methoxy groups -OCH3 is 1. The van der Waals surface area contributed by atoms with E-state index in [4.69, 9.17) is 9.84 Å². The SMILES string of the molecule is COc1cc2nn(C3CCC(N(C)C(=O)[C@H](C)O)CC3)cc2cc1C(=O)Nc1cnn2cccnc12. The number of aliphatic hydroxyl groups excluding tert-OH is 1. The first-order valence-electron chi connectivity index (χ1n) is 12.0. The minimum absolute atomic E-state index is 0.109. The van der Waals surface area contributed by atoms with E-state index < -0.39 is 6.10 Å². The van der Waals surface area contributed by atoms with E-state index in [2.05, 4.69) is 15.4 Å². The highest BCUT2D eigenvalue weighted by molar-refractivity contribution is 6.09. The number of hydrogen-bond donors (Lipinski definition) is 2. The van der Waals surface area contributed by atoms with E-state index in [0.717, 1.165) is 36.6 Å². The monoisotopic (exact) mass is 491 g/mol. The summed E-state index contributed by atoms with van der Waals surface area (Å²) in [5, 5.41) is 22.3. The molecule has 11 nitrogen and oxygen atoms in total. The molecule has 1 aliphatic carbocycles. The summed E-state index contributed by atoms with van der Waals surface area (Å²) in [6.07, 6.45) is 9.32. The molecule has 1 atom stereocenters. The van der Waals surface area contributed by atoms with Crippen LogP contribution >= 0.6 is 0 Å². The molecular formula is C25H29N7O4. The van der Waals surface area contributed by atoms with Crippen molar-refractivity contribution in [2.45, 2.75) is 50.8 Å². The van der Waals surface area contributed by atoms with Crippen molar-refractivity contribution < 1.29 is 19.4 Å². The average Bonchev–Trinajstić information content (AvgIpc) is 3.50. The zero-order valence-corrected chi connectivity index (χ0v) is 20.5. The zero-order valence-electron chi connectivity index (χ0n) is 20.5. The molecule has 0 unspecified atom stereocenters. The fourth-order valence-electron chi connectivity index (χ4n) is 4.89. The van der Waals surface area contributed by atoms with Gasteiger partial charge in [-0.25, -0.2) is 9.50 Å². The van der Waals surface area contributed by atoms with Crippen molar-refractivity contribution in [2.24, 2.45) is 0 Å². The Bertz CT molecular complexity index is 1420. The highest BCUT2D eigenvalue weighted by Crippen LogP contribution is 2.33. The second-order valence-corrected chi connectivity index (χ2v) is 9.21. The summed E-state index contributed by atoms with van der Waals surface area (Å²) in [6.45, 7) is 1.50. The second kappa shape index (κ2) is 9.57. The molecule has 1 fully saturated rings.